The second-order valence-corrected chi connectivity index (χ2v) is 10.7. The van der Waals surface area contributed by atoms with Gasteiger partial charge < -0.3 is 20.3 Å². The molecule has 4 aliphatic rings. The molecule has 2 saturated carbocycles. The first-order valence-corrected chi connectivity index (χ1v) is 13.0. The minimum atomic E-state index is -0.00583. The van der Waals surface area contributed by atoms with Gasteiger partial charge in [0.1, 0.15) is 5.82 Å². The number of likely N-dealkylation sites (tertiary alicyclic amines) is 1. The zero-order valence-electron chi connectivity index (χ0n) is 19.8. The van der Waals surface area contributed by atoms with Gasteiger partial charge in [-0.2, -0.15) is 0 Å². The van der Waals surface area contributed by atoms with Crippen molar-refractivity contribution in [2.75, 3.05) is 38.2 Å². The molecule has 3 heterocycles. The fourth-order valence-corrected chi connectivity index (χ4v) is 6.05. The molecule has 1 unspecified atom stereocenters. The first-order chi connectivity index (χ1) is 16.7. The number of anilines is 1. The van der Waals surface area contributed by atoms with E-state index in [-0.39, 0.29) is 5.91 Å². The molecule has 2 aromatic rings. The first kappa shape index (κ1) is 22.0. The van der Waals surface area contributed by atoms with Crippen molar-refractivity contribution >= 4 is 11.7 Å². The molecule has 0 radical (unpaired) electrons. The van der Waals surface area contributed by atoms with Crippen LogP contribution >= 0.6 is 0 Å². The van der Waals surface area contributed by atoms with Crippen LogP contribution in [0.1, 0.15) is 48.9 Å². The molecule has 0 bridgehead atoms. The van der Waals surface area contributed by atoms with Crippen LogP contribution in [-0.4, -0.2) is 65.9 Å². The average molecular weight is 462 g/mol. The van der Waals surface area contributed by atoms with Gasteiger partial charge in [-0.1, -0.05) is 12.1 Å². The molecule has 1 aromatic heterocycles. The smallest absolute Gasteiger partial charge is 0.251 e. The lowest BCUT2D eigenvalue weighted by molar-refractivity contribution is 0.0545. The van der Waals surface area contributed by atoms with Gasteiger partial charge >= 0.3 is 0 Å². The van der Waals surface area contributed by atoms with E-state index < -0.39 is 0 Å². The summed E-state index contributed by atoms with van der Waals surface area (Å²) < 4.78 is 5.52. The highest BCUT2D eigenvalue weighted by molar-refractivity contribution is 5.95. The van der Waals surface area contributed by atoms with Gasteiger partial charge in [0.05, 0.1) is 5.69 Å². The molecule has 7 nitrogen and oxygen atoms in total. The molecule has 7 heteroatoms. The maximum Gasteiger partial charge on any atom is 0.251 e. The Morgan fingerprint density at radius 2 is 1.76 bits per heavy atom. The van der Waals surface area contributed by atoms with Gasteiger partial charge in [-0.15, -0.1) is 10.2 Å². The number of nitrogens with one attached hydrogen (secondary N) is 2. The van der Waals surface area contributed by atoms with Gasteiger partial charge in [0, 0.05) is 56.1 Å². The highest BCUT2D eigenvalue weighted by atomic mass is 16.5. The predicted octanol–water partition coefficient (Wildman–Crippen LogP) is 3.58. The molecule has 1 aromatic carbocycles. The Hall–Kier alpha value is -2.51. The molecule has 2 aliphatic heterocycles. The molecular formula is C27H35N5O2. The molecule has 3 atom stereocenters. The SMILES string of the molecule is O=C(NC1CC1)c1cccc(-c2ccc(NC3C[C@@H]4CN(CC5CCOCC5)C[C@@H]4C3)nn2)c1. The highest BCUT2D eigenvalue weighted by Crippen LogP contribution is 2.39. The van der Waals surface area contributed by atoms with Crippen LogP contribution in [0.15, 0.2) is 36.4 Å². The summed E-state index contributed by atoms with van der Waals surface area (Å²) in [6.07, 6.45) is 7.06. The Balaban J connectivity index is 1.01. The maximum atomic E-state index is 12.4. The summed E-state index contributed by atoms with van der Waals surface area (Å²) in [5.41, 5.74) is 2.39. The fourth-order valence-electron chi connectivity index (χ4n) is 6.05. The third-order valence-electron chi connectivity index (χ3n) is 8.03. The van der Waals surface area contributed by atoms with Crippen molar-refractivity contribution in [1.29, 1.82) is 0 Å². The van der Waals surface area contributed by atoms with E-state index >= 15 is 0 Å². The lowest BCUT2D eigenvalue weighted by atomic mass is 10.00. The van der Waals surface area contributed by atoms with E-state index in [2.05, 4.69) is 25.7 Å². The van der Waals surface area contributed by atoms with E-state index in [0.29, 0.717) is 17.6 Å². The Kier molecular flexibility index (Phi) is 6.22. The number of amides is 1. The lowest BCUT2D eigenvalue weighted by Gasteiger charge is -2.27. The van der Waals surface area contributed by atoms with Gasteiger partial charge in [-0.3, -0.25) is 4.79 Å². The largest absolute Gasteiger partial charge is 0.381 e. The van der Waals surface area contributed by atoms with Crippen molar-refractivity contribution in [2.24, 2.45) is 17.8 Å². The van der Waals surface area contributed by atoms with Crippen LogP contribution in [0.5, 0.6) is 0 Å². The van der Waals surface area contributed by atoms with Crippen molar-refractivity contribution in [3.05, 3.63) is 42.0 Å². The maximum absolute atomic E-state index is 12.4. The molecule has 0 spiro atoms. The van der Waals surface area contributed by atoms with E-state index in [9.17, 15) is 4.79 Å². The molecule has 2 saturated heterocycles. The van der Waals surface area contributed by atoms with E-state index in [1.165, 1.54) is 45.3 Å². The molecule has 4 fully saturated rings. The fraction of sp³-hybridized carbons (Fsp3) is 0.593. The Labute approximate surface area is 201 Å². The van der Waals surface area contributed by atoms with Gasteiger partial charge in [0.25, 0.3) is 5.91 Å². The quantitative estimate of drug-likeness (QED) is 0.656. The predicted molar refractivity (Wildman–Crippen MR) is 132 cm³/mol. The van der Waals surface area contributed by atoms with Gasteiger partial charge in [-0.25, -0.2) is 0 Å². The third kappa shape index (κ3) is 5.10. The second-order valence-electron chi connectivity index (χ2n) is 10.7. The number of rotatable bonds is 7. The topological polar surface area (TPSA) is 79.4 Å². The number of ether oxygens (including phenoxy) is 1. The number of aromatic nitrogens is 2. The summed E-state index contributed by atoms with van der Waals surface area (Å²) in [6, 6.07) is 12.5. The molecular weight excluding hydrogens is 426 g/mol. The number of nitrogens with zero attached hydrogens (tertiary/aromatic N) is 3. The summed E-state index contributed by atoms with van der Waals surface area (Å²) >= 11 is 0. The zero-order chi connectivity index (χ0) is 22.9. The number of hydrogen-bond donors (Lipinski definition) is 2. The summed E-state index contributed by atoms with van der Waals surface area (Å²) in [5, 5.41) is 15.6. The first-order valence-electron chi connectivity index (χ1n) is 13.0. The van der Waals surface area contributed by atoms with Crippen LogP contribution < -0.4 is 10.6 Å². The highest BCUT2D eigenvalue weighted by Gasteiger charge is 2.41. The van der Waals surface area contributed by atoms with Gasteiger partial charge in [-0.05, 0) is 80.5 Å². The van der Waals surface area contributed by atoms with Crippen molar-refractivity contribution < 1.29 is 9.53 Å². The number of carbonyl (C=O) groups excluding carboxylic acids is 1. The minimum Gasteiger partial charge on any atom is -0.381 e. The average Bonchev–Trinajstić information content (AvgIpc) is 3.49. The zero-order valence-corrected chi connectivity index (χ0v) is 19.8. The van der Waals surface area contributed by atoms with E-state index in [1.807, 2.05) is 36.4 Å². The normalized spacial score (nSPS) is 27.5. The summed E-state index contributed by atoms with van der Waals surface area (Å²) in [7, 11) is 0. The number of fused-ring (bicyclic) bond motifs is 1. The Morgan fingerprint density at radius 1 is 0.971 bits per heavy atom. The molecule has 2 aliphatic carbocycles. The van der Waals surface area contributed by atoms with Gasteiger partial charge in [0.2, 0.25) is 0 Å². The van der Waals surface area contributed by atoms with Crippen molar-refractivity contribution in [2.45, 2.75) is 50.6 Å². The molecule has 6 rings (SSSR count). The monoisotopic (exact) mass is 461 g/mol. The van der Waals surface area contributed by atoms with E-state index in [4.69, 9.17) is 4.74 Å². The molecule has 2 N–H and O–H groups in total. The second kappa shape index (κ2) is 9.62. The van der Waals surface area contributed by atoms with Crippen LogP contribution in [-0.2, 0) is 4.74 Å². The summed E-state index contributed by atoms with van der Waals surface area (Å²) in [5.74, 6) is 3.26. The number of carbonyl (C=O) groups is 1. The molecule has 1 amide bonds. The minimum absolute atomic E-state index is 0.00583. The van der Waals surface area contributed by atoms with Crippen LogP contribution in [0.4, 0.5) is 5.82 Å². The van der Waals surface area contributed by atoms with Crippen molar-refractivity contribution in [3.8, 4) is 11.3 Å². The van der Waals surface area contributed by atoms with Crippen molar-refractivity contribution in [3.63, 3.8) is 0 Å². The van der Waals surface area contributed by atoms with Crippen molar-refractivity contribution in [1.82, 2.24) is 20.4 Å². The molecule has 180 valence electrons. The van der Waals surface area contributed by atoms with Crippen LogP contribution in [0.2, 0.25) is 0 Å². The van der Waals surface area contributed by atoms with E-state index in [1.54, 1.807) is 0 Å². The number of benzene rings is 1. The summed E-state index contributed by atoms with van der Waals surface area (Å²) in [6.45, 7) is 5.63. The van der Waals surface area contributed by atoms with Crippen LogP contribution in [0, 0.1) is 17.8 Å². The van der Waals surface area contributed by atoms with Crippen LogP contribution in [0.25, 0.3) is 11.3 Å². The third-order valence-corrected chi connectivity index (χ3v) is 8.03. The number of hydrogen-bond acceptors (Lipinski definition) is 6. The molecule has 34 heavy (non-hydrogen) atoms. The van der Waals surface area contributed by atoms with Crippen LogP contribution in [0.3, 0.4) is 0 Å². The lowest BCUT2D eigenvalue weighted by Crippen LogP contribution is -2.32. The van der Waals surface area contributed by atoms with E-state index in [0.717, 1.165) is 60.9 Å². The Morgan fingerprint density at radius 3 is 2.47 bits per heavy atom. The Bertz CT molecular complexity index is 988. The summed E-state index contributed by atoms with van der Waals surface area (Å²) in [4.78, 5) is 15.1. The van der Waals surface area contributed by atoms with Gasteiger partial charge in [0.15, 0.2) is 0 Å². The standard InChI is InChI=1S/C27H35N5O2/c33-27(29-23-4-5-23)20-3-1-2-19(12-20)25-6-7-26(31-30-25)28-24-13-21-16-32(17-22(21)14-24)15-18-8-10-34-11-9-18/h1-3,6-7,12,18,21-24H,4-5,8-11,13-17H2,(H,28,31)(H,29,33)/t21-,22+,24?.